The molecule has 0 N–H and O–H groups in total. The number of carbonyl (C=O) groups is 1. The lowest BCUT2D eigenvalue weighted by Crippen LogP contribution is -2.41. The molecule has 1 atom stereocenters. The molecule has 1 aromatic carbocycles. The van der Waals surface area contributed by atoms with Gasteiger partial charge in [0.05, 0.1) is 11.5 Å². The molecule has 1 aromatic heterocycles. The molecule has 0 radical (unpaired) electrons. The maximum atomic E-state index is 12.7. The Kier molecular flexibility index (Phi) is 7.64. The number of hydrogen-bond donors (Lipinski definition) is 0. The zero-order chi connectivity index (χ0) is 21.6. The first kappa shape index (κ1) is 22.3. The van der Waals surface area contributed by atoms with Crippen molar-refractivity contribution in [3.8, 4) is 5.75 Å². The summed E-state index contributed by atoms with van der Waals surface area (Å²) in [6.07, 6.45) is 4.65. The highest BCUT2D eigenvalue weighted by atomic mass is 32.1. The summed E-state index contributed by atoms with van der Waals surface area (Å²) in [4.78, 5) is 20.4. The molecule has 0 aliphatic carbocycles. The molecule has 2 aliphatic heterocycles. The lowest BCUT2D eigenvalue weighted by atomic mass is 9.99. The van der Waals surface area contributed by atoms with Crippen LogP contribution in [0.15, 0.2) is 41.8 Å². The summed E-state index contributed by atoms with van der Waals surface area (Å²) in [5.41, 5.74) is 1.30. The zero-order valence-electron chi connectivity index (χ0n) is 18.8. The van der Waals surface area contributed by atoms with Gasteiger partial charge in [-0.1, -0.05) is 18.2 Å². The maximum absolute atomic E-state index is 12.7. The van der Waals surface area contributed by atoms with Crippen molar-refractivity contribution in [3.63, 3.8) is 0 Å². The first-order valence-corrected chi connectivity index (χ1v) is 12.4. The van der Waals surface area contributed by atoms with Crippen LogP contribution >= 0.6 is 11.3 Å². The predicted octanol–water partition coefficient (Wildman–Crippen LogP) is 4.21. The smallest absolute Gasteiger partial charge is 0.263 e. The molecule has 0 unspecified atom stereocenters. The number of rotatable bonds is 7. The van der Waals surface area contributed by atoms with E-state index in [0.29, 0.717) is 18.6 Å². The van der Waals surface area contributed by atoms with Crippen LogP contribution < -0.4 is 4.74 Å². The number of amides is 1. The fourth-order valence-electron chi connectivity index (χ4n) is 4.74. The Morgan fingerprint density at radius 1 is 1.16 bits per heavy atom. The highest BCUT2D eigenvalue weighted by molar-refractivity contribution is 7.12. The molecule has 168 valence electrons. The molecule has 2 saturated heterocycles. The number of nitrogens with zero attached hydrogens (tertiary/aromatic N) is 3. The largest absolute Gasteiger partial charge is 0.493 e. The zero-order valence-corrected chi connectivity index (χ0v) is 19.7. The van der Waals surface area contributed by atoms with Crippen molar-refractivity contribution in [1.29, 1.82) is 0 Å². The standard InChI is InChI=1S/C25H35N3O2S/c1-26-13-10-22(11-14-26)27(2)17-20-6-3-8-23(16-20)30-19-21-7-4-12-28(18-21)25(29)24-9-5-15-31-24/h3,5-6,8-9,15-16,21-22H,4,7,10-14,17-19H2,1-2H3/t21-/m0/s1. The molecular weight excluding hydrogens is 406 g/mol. The minimum absolute atomic E-state index is 0.165. The van der Waals surface area contributed by atoms with Gasteiger partial charge in [0.2, 0.25) is 0 Å². The van der Waals surface area contributed by atoms with Gasteiger partial charge < -0.3 is 14.5 Å². The molecule has 3 heterocycles. The minimum Gasteiger partial charge on any atom is -0.493 e. The van der Waals surface area contributed by atoms with E-state index in [4.69, 9.17) is 4.74 Å². The molecule has 1 amide bonds. The average Bonchev–Trinajstić information content (AvgIpc) is 3.33. The Bertz CT molecular complexity index is 833. The van der Waals surface area contributed by atoms with Crippen LogP contribution in [-0.4, -0.2) is 73.5 Å². The van der Waals surface area contributed by atoms with Gasteiger partial charge in [0.1, 0.15) is 5.75 Å². The summed E-state index contributed by atoms with van der Waals surface area (Å²) in [6, 6.07) is 13.1. The Hall–Kier alpha value is -1.89. The summed E-state index contributed by atoms with van der Waals surface area (Å²) in [6.45, 7) is 5.64. The summed E-state index contributed by atoms with van der Waals surface area (Å²) in [7, 11) is 4.45. The van der Waals surface area contributed by atoms with E-state index in [1.54, 1.807) is 0 Å². The number of benzene rings is 1. The highest BCUT2D eigenvalue weighted by Gasteiger charge is 2.25. The van der Waals surface area contributed by atoms with Crippen LogP contribution in [0, 0.1) is 5.92 Å². The lowest BCUT2D eigenvalue weighted by molar-refractivity contribution is 0.0638. The van der Waals surface area contributed by atoms with Gasteiger partial charge in [-0.15, -0.1) is 11.3 Å². The molecule has 2 aromatic rings. The number of likely N-dealkylation sites (tertiary alicyclic amines) is 2. The van der Waals surface area contributed by atoms with Gasteiger partial charge in [0.25, 0.3) is 5.91 Å². The first-order chi connectivity index (χ1) is 15.1. The second-order valence-corrected chi connectivity index (χ2v) is 10.1. The second-order valence-electron chi connectivity index (χ2n) is 9.14. The van der Waals surface area contributed by atoms with Crippen LogP contribution in [-0.2, 0) is 6.54 Å². The quantitative estimate of drug-likeness (QED) is 0.645. The van der Waals surface area contributed by atoms with Crippen molar-refractivity contribution >= 4 is 17.2 Å². The number of ether oxygens (including phenoxy) is 1. The van der Waals surface area contributed by atoms with Gasteiger partial charge in [-0.05, 0) is 82.0 Å². The van der Waals surface area contributed by atoms with E-state index < -0.39 is 0 Å². The van der Waals surface area contributed by atoms with E-state index in [-0.39, 0.29) is 5.91 Å². The van der Waals surface area contributed by atoms with Crippen molar-refractivity contribution in [1.82, 2.24) is 14.7 Å². The predicted molar refractivity (Wildman–Crippen MR) is 127 cm³/mol. The van der Waals surface area contributed by atoms with Crippen LogP contribution in [0.5, 0.6) is 5.75 Å². The summed E-state index contributed by atoms with van der Waals surface area (Å²) < 4.78 is 6.19. The fourth-order valence-corrected chi connectivity index (χ4v) is 5.43. The van der Waals surface area contributed by atoms with E-state index in [0.717, 1.165) is 43.1 Å². The molecule has 2 aliphatic rings. The van der Waals surface area contributed by atoms with Crippen LogP contribution in [0.25, 0.3) is 0 Å². The number of piperidine rings is 2. The van der Waals surface area contributed by atoms with E-state index in [1.807, 2.05) is 22.4 Å². The molecule has 0 bridgehead atoms. The van der Waals surface area contributed by atoms with Crippen molar-refractivity contribution in [3.05, 3.63) is 52.2 Å². The number of hydrogen-bond acceptors (Lipinski definition) is 5. The third-order valence-corrected chi connectivity index (χ3v) is 7.52. The first-order valence-electron chi connectivity index (χ1n) is 11.5. The molecular formula is C25H35N3O2S. The Labute approximate surface area is 190 Å². The average molecular weight is 442 g/mol. The van der Waals surface area contributed by atoms with Crippen LogP contribution in [0.3, 0.4) is 0 Å². The topological polar surface area (TPSA) is 36.0 Å². The Balaban J connectivity index is 1.27. The Morgan fingerprint density at radius 2 is 2.00 bits per heavy atom. The summed E-state index contributed by atoms with van der Waals surface area (Å²) in [5, 5.41) is 1.97. The normalized spacial score (nSPS) is 20.9. The number of carbonyl (C=O) groups excluding carboxylic acids is 1. The third kappa shape index (κ3) is 6.09. The van der Waals surface area contributed by atoms with Gasteiger partial charge in [0.15, 0.2) is 0 Å². The van der Waals surface area contributed by atoms with E-state index in [9.17, 15) is 4.79 Å². The lowest BCUT2D eigenvalue weighted by Gasteiger charge is -2.35. The molecule has 4 rings (SSSR count). The van der Waals surface area contributed by atoms with Crippen LogP contribution in [0.2, 0.25) is 0 Å². The highest BCUT2D eigenvalue weighted by Crippen LogP contribution is 2.23. The van der Waals surface area contributed by atoms with E-state index in [2.05, 4.69) is 48.2 Å². The summed E-state index contributed by atoms with van der Waals surface area (Å²) in [5.74, 6) is 1.50. The summed E-state index contributed by atoms with van der Waals surface area (Å²) >= 11 is 1.52. The van der Waals surface area contributed by atoms with Crippen molar-refractivity contribution in [2.24, 2.45) is 5.92 Å². The van der Waals surface area contributed by atoms with E-state index >= 15 is 0 Å². The van der Waals surface area contributed by atoms with Crippen LogP contribution in [0.1, 0.15) is 40.9 Å². The molecule has 0 spiro atoms. The maximum Gasteiger partial charge on any atom is 0.263 e. The van der Waals surface area contributed by atoms with Crippen molar-refractivity contribution < 1.29 is 9.53 Å². The Morgan fingerprint density at radius 3 is 2.77 bits per heavy atom. The molecule has 31 heavy (non-hydrogen) atoms. The van der Waals surface area contributed by atoms with Crippen molar-refractivity contribution in [2.75, 3.05) is 46.9 Å². The molecule has 6 heteroatoms. The van der Waals surface area contributed by atoms with Gasteiger partial charge in [-0.2, -0.15) is 0 Å². The van der Waals surface area contributed by atoms with E-state index in [1.165, 1.54) is 42.8 Å². The number of thiophene rings is 1. The van der Waals surface area contributed by atoms with Gasteiger partial charge in [-0.3, -0.25) is 9.69 Å². The van der Waals surface area contributed by atoms with Crippen LogP contribution in [0.4, 0.5) is 0 Å². The third-order valence-electron chi connectivity index (χ3n) is 6.67. The fraction of sp³-hybridized carbons (Fsp3) is 0.560. The minimum atomic E-state index is 0.165. The van der Waals surface area contributed by atoms with Gasteiger partial charge in [-0.25, -0.2) is 0 Å². The molecule has 2 fully saturated rings. The molecule has 5 nitrogen and oxygen atoms in total. The van der Waals surface area contributed by atoms with Gasteiger partial charge in [0, 0.05) is 31.6 Å². The van der Waals surface area contributed by atoms with Gasteiger partial charge >= 0.3 is 0 Å². The second kappa shape index (κ2) is 10.6. The van der Waals surface area contributed by atoms with Crippen molar-refractivity contribution in [2.45, 2.75) is 38.3 Å². The monoisotopic (exact) mass is 441 g/mol. The molecule has 0 saturated carbocycles. The SMILES string of the molecule is CN1CCC(N(C)Cc2cccc(OC[C@H]3CCCN(C(=O)c4cccs4)C3)c2)CC1.